The van der Waals surface area contributed by atoms with Gasteiger partial charge in [-0.05, 0) is 39.0 Å². The van der Waals surface area contributed by atoms with Crippen molar-refractivity contribution >= 4 is 17.7 Å². The van der Waals surface area contributed by atoms with Crippen LogP contribution in [0.4, 0.5) is 10.5 Å². The Kier molecular flexibility index (Phi) is 5.93. The van der Waals surface area contributed by atoms with Gasteiger partial charge in [-0.1, -0.05) is 0 Å². The molecule has 0 saturated carbocycles. The average molecular weight is 321 g/mol. The Hall–Kier alpha value is -2.79. The third kappa shape index (κ3) is 5.48. The summed E-state index contributed by atoms with van der Waals surface area (Å²) in [5.74, 6) is -1.04. The summed E-state index contributed by atoms with van der Waals surface area (Å²) in [7, 11) is 0. The van der Waals surface area contributed by atoms with Gasteiger partial charge in [0.15, 0.2) is 5.60 Å². The number of amides is 2. The van der Waals surface area contributed by atoms with Crippen molar-refractivity contribution in [3.05, 3.63) is 23.8 Å². The highest BCUT2D eigenvalue weighted by molar-refractivity contribution is 5.90. The number of carbonyl (C=O) groups is 2. The molecule has 0 aromatic heterocycles. The van der Waals surface area contributed by atoms with Gasteiger partial charge >= 0.3 is 12.0 Å². The lowest BCUT2D eigenvalue weighted by Gasteiger charge is -2.18. The smallest absolute Gasteiger partial charge is 0.337 e. The Morgan fingerprint density at radius 3 is 2.61 bits per heavy atom. The van der Waals surface area contributed by atoms with Crippen molar-refractivity contribution < 1.29 is 24.5 Å². The number of benzene rings is 1. The number of urea groups is 1. The molecule has 0 saturated heterocycles. The van der Waals surface area contributed by atoms with Gasteiger partial charge in [-0.15, -0.1) is 0 Å². The number of carboxylic acid groups (broad SMARTS) is 1. The Morgan fingerprint density at radius 1 is 1.43 bits per heavy atom. The molecule has 124 valence electrons. The van der Waals surface area contributed by atoms with Crippen LogP contribution in [0, 0.1) is 11.3 Å². The van der Waals surface area contributed by atoms with Crippen LogP contribution in [0.3, 0.4) is 0 Å². The third-order valence-corrected chi connectivity index (χ3v) is 2.77. The molecular formula is C15H19N3O5. The van der Waals surface area contributed by atoms with Crippen molar-refractivity contribution in [3.63, 3.8) is 0 Å². The molecule has 1 rings (SSSR count). The highest BCUT2D eigenvalue weighted by Gasteiger charge is 2.30. The van der Waals surface area contributed by atoms with Gasteiger partial charge in [-0.2, -0.15) is 5.26 Å². The Bertz CT molecular complexity index is 634. The van der Waals surface area contributed by atoms with E-state index in [1.54, 1.807) is 12.1 Å². The fraction of sp³-hybridized carbons (Fsp3) is 0.400. The van der Waals surface area contributed by atoms with Gasteiger partial charge in [-0.3, -0.25) is 0 Å². The summed E-state index contributed by atoms with van der Waals surface area (Å²) in [5, 5.41) is 32.0. The maximum atomic E-state index is 11.7. The summed E-state index contributed by atoms with van der Waals surface area (Å²) < 4.78 is 5.47. The van der Waals surface area contributed by atoms with Crippen molar-refractivity contribution in [1.29, 1.82) is 5.26 Å². The van der Waals surface area contributed by atoms with Gasteiger partial charge in [0, 0.05) is 5.69 Å². The lowest BCUT2D eigenvalue weighted by Crippen LogP contribution is -2.47. The zero-order valence-electron chi connectivity index (χ0n) is 13.1. The van der Waals surface area contributed by atoms with Crippen LogP contribution in [-0.4, -0.2) is 40.5 Å². The summed E-state index contributed by atoms with van der Waals surface area (Å²) in [6.45, 7) is 4.26. The average Bonchev–Trinajstić information content (AvgIpc) is 2.46. The molecule has 0 aliphatic heterocycles. The fourth-order valence-corrected chi connectivity index (χ4v) is 1.56. The predicted molar refractivity (Wildman–Crippen MR) is 82.2 cm³/mol. The molecule has 0 radical (unpaired) electrons. The minimum atomic E-state index is -2.07. The van der Waals surface area contributed by atoms with Crippen molar-refractivity contribution in [2.24, 2.45) is 0 Å². The van der Waals surface area contributed by atoms with E-state index in [1.165, 1.54) is 6.07 Å². The van der Waals surface area contributed by atoms with E-state index < -0.39 is 24.1 Å². The molecule has 0 aliphatic rings. The van der Waals surface area contributed by atoms with Gasteiger partial charge in [0.1, 0.15) is 11.8 Å². The van der Waals surface area contributed by atoms with E-state index in [2.05, 4.69) is 10.6 Å². The van der Waals surface area contributed by atoms with Crippen molar-refractivity contribution in [2.75, 3.05) is 11.9 Å². The number of hydrogen-bond donors (Lipinski definition) is 4. The van der Waals surface area contributed by atoms with Crippen LogP contribution in [0.1, 0.15) is 26.3 Å². The summed E-state index contributed by atoms with van der Waals surface area (Å²) >= 11 is 0. The topological polar surface area (TPSA) is 132 Å². The minimum absolute atomic E-state index is 0.0949. The van der Waals surface area contributed by atoms with Crippen molar-refractivity contribution in [3.8, 4) is 11.8 Å². The Morgan fingerprint density at radius 2 is 2.09 bits per heavy atom. The molecule has 1 aromatic carbocycles. The number of rotatable bonds is 6. The molecule has 0 bridgehead atoms. The second kappa shape index (κ2) is 7.47. The number of ether oxygens (including phenoxy) is 1. The molecule has 0 fully saturated rings. The lowest BCUT2D eigenvalue weighted by atomic mass is 10.1. The molecule has 1 aromatic rings. The first-order chi connectivity index (χ1) is 10.7. The van der Waals surface area contributed by atoms with Crippen LogP contribution in [0.15, 0.2) is 18.2 Å². The number of nitriles is 1. The van der Waals surface area contributed by atoms with Crippen LogP contribution in [-0.2, 0) is 4.79 Å². The fourth-order valence-electron chi connectivity index (χ4n) is 1.56. The second-order valence-corrected chi connectivity index (χ2v) is 5.38. The summed E-state index contributed by atoms with van der Waals surface area (Å²) in [6, 6.07) is 5.81. The Labute approximate surface area is 133 Å². The van der Waals surface area contributed by atoms with Gasteiger partial charge in [0.2, 0.25) is 0 Å². The van der Waals surface area contributed by atoms with Gasteiger partial charge in [0.25, 0.3) is 0 Å². The SMILES string of the molecule is CC(C)Oc1ccc(NC(=O)NCC(C)(O)C(=O)O)cc1C#N. The van der Waals surface area contributed by atoms with Crippen molar-refractivity contribution in [2.45, 2.75) is 32.5 Å². The molecule has 8 heteroatoms. The molecular weight excluding hydrogens is 302 g/mol. The number of nitrogens with zero attached hydrogens (tertiary/aromatic N) is 1. The summed E-state index contributed by atoms with van der Waals surface area (Å²) in [6.07, 6.45) is -0.0949. The molecule has 2 amide bonds. The number of anilines is 1. The van der Waals surface area contributed by atoms with Crippen LogP contribution in [0.5, 0.6) is 5.75 Å². The van der Waals surface area contributed by atoms with E-state index >= 15 is 0 Å². The first-order valence-electron chi connectivity index (χ1n) is 6.87. The third-order valence-electron chi connectivity index (χ3n) is 2.77. The van der Waals surface area contributed by atoms with Crippen LogP contribution in [0.2, 0.25) is 0 Å². The summed E-state index contributed by atoms with van der Waals surface area (Å²) in [4.78, 5) is 22.4. The molecule has 1 unspecified atom stereocenters. The van der Waals surface area contributed by atoms with E-state index in [9.17, 15) is 14.7 Å². The monoisotopic (exact) mass is 321 g/mol. The quantitative estimate of drug-likeness (QED) is 0.624. The number of carbonyl (C=O) groups excluding carboxylic acids is 1. The zero-order chi connectivity index (χ0) is 17.6. The molecule has 8 nitrogen and oxygen atoms in total. The maximum Gasteiger partial charge on any atom is 0.337 e. The van der Waals surface area contributed by atoms with E-state index in [4.69, 9.17) is 15.1 Å². The number of aliphatic carboxylic acids is 1. The molecule has 1 atom stereocenters. The van der Waals surface area contributed by atoms with Gasteiger partial charge in [0.05, 0.1) is 18.2 Å². The normalized spacial score (nSPS) is 12.9. The minimum Gasteiger partial charge on any atom is -0.490 e. The number of hydrogen-bond acceptors (Lipinski definition) is 5. The number of carboxylic acids is 1. The largest absolute Gasteiger partial charge is 0.490 e. The highest BCUT2D eigenvalue weighted by Crippen LogP contribution is 2.23. The van der Waals surface area contributed by atoms with Crippen LogP contribution in [0.25, 0.3) is 0 Å². The van der Waals surface area contributed by atoms with E-state index in [0.717, 1.165) is 6.92 Å². The van der Waals surface area contributed by atoms with Gasteiger partial charge < -0.3 is 25.6 Å². The van der Waals surface area contributed by atoms with E-state index in [0.29, 0.717) is 11.4 Å². The molecule has 4 N–H and O–H groups in total. The molecule has 0 spiro atoms. The Balaban J connectivity index is 2.72. The molecule has 0 heterocycles. The first kappa shape index (κ1) is 18.3. The molecule has 23 heavy (non-hydrogen) atoms. The number of aliphatic hydroxyl groups is 1. The number of nitrogens with one attached hydrogen (secondary N) is 2. The predicted octanol–water partition coefficient (Wildman–Crippen LogP) is 1.30. The molecule has 0 aliphatic carbocycles. The first-order valence-corrected chi connectivity index (χ1v) is 6.87. The second-order valence-electron chi connectivity index (χ2n) is 5.38. The van der Waals surface area contributed by atoms with Crippen LogP contribution < -0.4 is 15.4 Å². The van der Waals surface area contributed by atoms with E-state index in [1.807, 2.05) is 19.9 Å². The standard InChI is InChI=1S/C15H19N3O5/c1-9(2)23-12-5-4-11(6-10(12)7-16)18-14(21)17-8-15(3,22)13(19)20/h4-6,9,22H,8H2,1-3H3,(H,19,20)(H2,17,18,21). The highest BCUT2D eigenvalue weighted by atomic mass is 16.5. The van der Waals surface area contributed by atoms with E-state index in [-0.39, 0.29) is 11.7 Å². The van der Waals surface area contributed by atoms with Gasteiger partial charge in [-0.25, -0.2) is 9.59 Å². The summed E-state index contributed by atoms with van der Waals surface area (Å²) in [5.41, 5.74) is -1.47. The van der Waals surface area contributed by atoms with Crippen molar-refractivity contribution in [1.82, 2.24) is 5.32 Å². The maximum absolute atomic E-state index is 11.7. The zero-order valence-corrected chi connectivity index (χ0v) is 13.1. The van der Waals surface area contributed by atoms with Crippen LogP contribution >= 0.6 is 0 Å². The lowest BCUT2D eigenvalue weighted by molar-refractivity contribution is -0.155.